The standard InChI is InChI=1S/C18H38N2O.C16H33NO.CH4O4S/c1-5-6-7-8-9-10-11-12-13-15-18(21)19-16-14-17-20(2,3)4;1-4-7-8-9-10-11-12-13-14-15-16(18)17(5-2)6-3;1-5-6(2,3)4/h5-17H2,1-4H3;4-15H2,1-3H3;1H3,(H,2,3,4). The minimum atomic E-state index is -4.41. The molecule has 0 aromatic carbocycles. The number of hydrogen-bond acceptors (Lipinski definition) is 6. The molecule has 0 aliphatic rings. The van der Waals surface area contributed by atoms with Gasteiger partial charge in [0, 0.05) is 38.9 Å². The fourth-order valence-electron chi connectivity index (χ4n) is 4.79. The third-order valence-electron chi connectivity index (χ3n) is 7.65. The van der Waals surface area contributed by atoms with Crippen LogP contribution in [0.25, 0.3) is 0 Å². The molecular weight excluding hydrogens is 590 g/mol. The van der Waals surface area contributed by atoms with Crippen molar-refractivity contribution < 1.29 is 31.2 Å². The van der Waals surface area contributed by atoms with E-state index in [0.29, 0.717) is 12.3 Å². The molecule has 10 heteroatoms. The molecule has 0 spiro atoms. The van der Waals surface area contributed by atoms with Crippen molar-refractivity contribution in [2.45, 2.75) is 163 Å². The second kappa shape index (κ2) is 34.1. The van der Waals surface area contributed by atoms with E-state index in [0.717, 1.165) is 63.5 Å². The number of carbonyl (C=O) groups is 2. The van der Waals surface area contributed by atoms with E-state index in [1.165, 1.54) is 103 Å². The first kappa shape index (κ1) is 48.2. The van der Waals surface area contributed by atoms with Gasteiger partial charge in [0.05, 0.1) is 34.8 Å². The predicted octanol–water partition coefficient (Wildman–Crippen LogP) is 7.99. The molecule has 0 fully saturated rings. The molecule has 45 heavy (non-hydrogen) atoms. The molecule has 0 aliphatic carbocycles. The van der Waals surface area contributed by atoms with E-state index in [2.05, 4.69) is 58.3 Å². The van der Waals surface area contributed by atoms with Crippen molar-refractivity contribution in [3.8, 4) is 0 Å². The van der Waals surface area contributed by atoms with E-state index in [-0.39, 0.29) is 5.91 Å². The summed E-state index contributed by atoms with van der Waals surface area (Å²) in [4.78, 5) is 25.3. The lowest BCUT2D eigenvalue weighted by Crippen LogP contribution is -2.37. The normalized spacial score (nSPS) is 11.2. The number of nitrogens with zero attached hydrogens (tertiary/aromatic N) is 2. The van der Waals surface area contributed by atoms with Crippen molar-refractivity contribution in [2.24, 2.45) is 0 Å². The lowest BCUT2D eigenvalue weighted by molar-refractivity contribution is -0.870. The molecule has 0 aliphatic heterocycles. The van der Waals surface area contributed by atoms with Crippen LogP contribution in [0.15, 0.2) is 0 Å². The smallest absolute Gasteiger partial charge is 0.222 e. The highest BCUT2D eigenvalue weighted by Crippen LogP contribution is 2.12. The molecule has 0 unspecified atom stereocenters. The number of quaternary nitrogens is 1. The average Bonchev–Trinajstić information content (AvgIpc) is 2.98. The third-order valence-corrected chi connectivity index (χ3v) is 8.06. The average molecular weight is 666 g/mol. The third kappa shape index (κ3) is 44.9. The summed E-state index contributed by atoms with van der Waals surface area (Å²) >= 11 is 0. The number of hydrogen-bond donors (Lipinski definition) is 1. The summed E-state index contributed by atoms with van der Waals surface area (Å²) in [5, 5.41) is 3.03. The summed E-state index contributed by atoms with van der Waals surface area (Å²) < 4.78 is 32.0. The molecular formula is C35H75N3O6S. The zero-order chi connectivity index (χ0) is 34.8. The highest BCUT2D eigenvalue weighted by molar-refractivity contribution is 7.80. The monoisotopic (exact) mass is 666 g/mol. The van der Waals surface area contributed by atoms with Gasteiger partial charge in [-0.25, -0.2) is 8.42 Å². The van der Waals surface area contributed by atoms with E-state index in [9.17, 15) is 22.6 Å². The van der Waals surface area contributed by atoms with E-state index in [4.69, 9.17) is 0 Å². The van der Waals surface area contributed by atoms with Gasteiger partial charge in [0.1, 0.15) is 0 Å². The molecule has 0 rings (SSSR count). The Kier molecular flexibility index (Phi) is 36.5. The minimum Gasteiger partial charge on any atom is -0.726 e. The van der Waals surface area contributed by atoms with Crippen LogP contribution < -0.4 is 5.32 Å². The van der Waals surface area contributed by atoms with Gasteiger partial charge in [-0.1, -0.05) is 117 Å². The molecule has 0 aromatic rings. The maximum atomic E-state index is 11.7. The lowest BCUT2D eigenvalue weighted by atomic mass is 10.1. The molecule has 1 N–H and O–H groups in total. The molecule has 0 saturated carbocycles. The van der Waals surface area contributed by atoms with Crippen molar-refractivity contribution in [3.63, 3.8) is 0 Å². The Morgan fingerprint density at radius 2 is 1.00 bits per heavy atom. The lowest BCUT2D eigenvalue weighted by Gasteiger charge is -2.23. The van der Waals surface area contributed by atoms with Crippen LogP contribution in [-0.4, -0.2) is 88.6 Å². The van der Waals surface area contributed by atoms with E-state index in [1.807, 2.05) is 4.90 Å². The maximum absolute atomic E-state index is 11.7. The first-order chi connectivity index (χ1) is 21.3. The predicted molar refractivity (Wildman–Crippen MR) is 189 cm³/mol. The SMILES string of the molecule is CCCCCCCCCCCC(=O)N(CC)CC.CCCCCCCCCCCC(=O)NCCC[N+](C)(C)C.COS(=O)(=O)[O-]. The number of amides is 2. The van der Waals surface area contributed by atoms with E-state index >= 15 is 0 Å². The Bertz CT molecular complexity index is 753. The summed E-state index contributed by atoms with van der Waals surface area (Å²) in [5.41, 5.74) is 0. The first-order valence-electron chi connectivity index (χ1n) is 18.1. The van der Waals surface area contributed by atoms with Crippen LogP contribution in [0.2, 0.25) is 0 Å². The van der Waals surface area contributed by atoms with Crippen LogP contribution in [-0.2, 0) is 24.2 Å². The van der Waals surface area contributed by atoms with Crippen LogP contribution in [0.1, 0.15) is 163 Å². The van der Waals surface area contributed by atoms with Gasteiger partial charge in [0.15, 0.2) is 0 Å². The van der Waals surface area contributed by atoms with Crippen LogP contribution in [0.3, 0.4) is 0 Å². The molecule has 0 heterocycles. The van der Waals surface area contributed by atoms with Gasteiger partial charge in [-0.2, -0.15) is 0 Å². The van der Waals surface area contributed by atoms with Crippen molar-refractivity contribution in [3.05, 3.63) is 0 Å². The van der Waals surface area contributed by atoms with Crippen LogP contribution in [0.5, 0.6) is 0 Å². The molecule has 0 saturated heterocycles. The molecule has 0 radical (unpaired) electrons. The van der Waals surface area contributed by atoms with Gasteiger partial charge in [0.25, 0.3) is 0 Å². The van der Waals surface area contributed by atoms with Gasteiger partial charge < -0.3 is 19.3 Å². The summed E-state index contributed by atoms with van der Waals surface area (Å²) in [7, 11) is 2.95. The Balaban J connectivity index is -0.000000668. The quantitative estimate of drug-likeness (QED) is 0.0412. The van der Waals surface area contributed by atoms with Gasteiger partial charge in [-0.3, -0.25) is 13.8 Å². The molecule has 272 valence electrons. The van der Waals surface area contributed by atoms with Crippen molar-refractivity contribution in [1.82, 2.24) is 10.2 Å². The number of rotatable bonds is 27. The molecule has 9 nitrogen and oxygen atoms in total. The fourth-order valence-corrected chi connectivity index (χ4v) is 4.79. The zero-order valence-corrected chi connectivity index (χ0v) is 31.7. The van der Waals surface area contributed by atoms with Crippen molar-refractivity contribution in [2.75, 3.05) is 54.4 Å². The number of unbranched alkanes of at least 4 members (excludes halogenated alkanes) is 16. The Labute approximate surface area is 280 Å². The second-order valence-electron chi connectivity index (χ2n) is 13.0. The maximum Gasteiger partial charge on any atom is 0.222 e. The molecule has 0 atom stereocenters. The summed E-state index contributed by atoms with van der Waals surface area (Å²) in [5.74, 6) is 0.572. The summed E-state index contributed by atoms with van der Waals surface area (Å²) in [6.45, 7) is 12.3. The van der Waals surface area contributed by atoms with Crippen LogP contribution in [0.4, 0.5) is 0 Å². The largest absolute Gasteiger partial charge is 0.726 e. The first-order valence-corrected chi connectivity index (χ1v) is 19.5. The van der Waals surface area contributed by atoms with Crippen molar-refractivity contribution >= 4 is 22.2 Å². The highest BCUT2D eigenvalue weighted by atomic mass is 32.3. The fraction of sp³-hybridized carbons (Fsp3) is 0.943. The Hall–Kier alpha value is -1.23. The highest BCUT2D eigenvalue weighted by Gasteiger charge is 2.08. The second-order valence-corrected chi connectivity index (χ2v) is 14.2. The van der Waals surface area contributed by atoms with E-state index < -0.39 is 10.4 Å². The van der Waals surface area contributed by atoms with Gasteiger partial charge >= 0.3 is 0 Å². The van der Waals surface area contributed by atoms with E-state index in [1.54, 1.807) is 0 Å². The topological polar surface area (TPSA) is 116 Å². The number of nitrogens with one attached hydrogen (secondary N) is 1. The minimum absolute atomic E-state index is 0.236. The summed E-state index contributed by atoms with van der Waals surface area (Å²) in [6.07, 6.45) is 26.1. The number of carbonyl (C=O) groups excluding carboxylic acids is 2. The zero-order valence-electron chi connectivity index (χ0n) is 30.9. The van der Waals surface area contributed by atoms with Crippen LogP contribution in [0, 0.1) is 0 Å². The van der Waals surface area contributed by atoms with Gasteiger partial charge in [-0.05, 0) is 26.7 Å². The summed E-state index contributed by atoms with van der Waals surface area (Å²) in [6, 6.07) is 0. The molecule has 2 amide bonds. The van der Waals surface area contributed by atoms with Gasteiger partial charge in [-0.15, -0.1) is 0 Å². The Morgan fingerprint density at radius 1 is 0.644 bits per heavy atom. The van der Waals surface area contributed by atoms with Crippen LogP contribution >= 0.6 is 0 Å². The van der Waals surface area contributed by atoms with Gasteiger partial charge in [0.2, 0.25) is 22.2 Å². The molecule has 0 bridgehead atoms. The molecule has 0 aromatic heterocycles. The Morgan fingerprint density at radius 3 is 1.33 bits per heavy atom. The van der Waals surface area contributed by atoms with Crippen molar-refractivity contribution in [1.29, 1.82) is 0 Å².